The van der Waals surface area contributed by atoms with Gasteiger partial charge in [0.05, 0.1) is 18.3 Å². The number of fused-ring (bicyclic) bond motifs is 1. The van der Waals surface area contributed by atoms with E-state index in [9.17, 15) is 18.8 Å². The smallest absolute Gasteiger partial charge is 0.410 e. The van der Waals surface area contributed by atoms with Crippen molar-refractivity contribution in [2.75, 3.05) is 57.3 Å². The van der Waals surface area contributed by atoms with Gasteiger partial charge < -0.3 is 38.5 Å². The average molecular weight is 785 g/mol. The molecule has 1 aromatic heterocycles. The first kappa shape index (κ1) is 39.7. The van der Waals surface area contributed by atoms with Crippen LogP contribution in [0.3, 0.4) is 0 Å². The van der Waals surface area contributed by atoms with E-state index >= 15 is 0 Å². The number of ether oxygens (including phenoxy) is 4. The molecule has 1 atom stereocenters. The van der Waals surface area contributed by atoms with Crippen LogP contribution >= 0.6 is 0 Å². The number of aromatic amines is 1. The largest absolute Gasteiger partial charge is 0.490 e. The lowest BCUT2D eigenvalue weighted by molar-refractivity contribution is 0.0237. The maximum absolute atomic E-state index is 14.9. The van der Waals surface area contributed by atoms with Gasteiger partial charge in [0.25, 0.3) is 5.91 Å². The molecule has 3 aliphatic rings. The van der Waals surface area contributed by atoms with E-state index in [1.54, 1.807) is 22.1 Å². The number of piperidine rings is 1. The predicted octanol–water partition coefficient (Wildman–Crippen LogP) is 7.50. The van der Waals surface area contributed by atoms with Gasteiger partial charge in [-0.25, -0.2) is 14.0 Å². The molecule has 4 aromatic rings. The number of H-pyrrole nitrogens is 1. The van der Waals surface area contributed by atoms with E-state index in [2.05, 4.69) is 10.2 Å². The van der Waals surface area contributed by atoms with Crippen LogP contribution in [-0.2, 0) is 9.47 Å². The summed E-state index contributed by atoms with van der Waals surface area (Å²) >= 11 is 0. The van der Waals surface area contributed by atoms with Crippen LogP contribution in [0.15, 0.2) is 60.8 Å². The molecule has 1 N–H and O–H groups in total. The molecular weight excluding hydrogens is 732 g/mol. The first-order valence-corrected chi connectivity index (χ1v) is 19.8. The van der Waals surface area contributed by atoms with E-state index in [-0.39, 0.29) is 30.3 Å². The molecular formula is C43H53FN6O7. The fourth-order valence-electron chi connectivity index (χ4n) is 7.42. The van der Waals surface area contributed by atoms with Gasteiger partial charge in [-0.15, -0.1) is 0 Å². The number of anilines is 1. The highest BCUT2D eigenvalue weighted by Crippen LogP contribution is 2.36. The van der Waals surface area contributed by atoms with Crippen molar-refractivity contribution in [1.29, 1.82) is 0 Å². The van der Waals surface area contributed by atoms with Crippen LogP contribution < -0.4 is 14.4 Å². The van der Waals surface area contributed by atoms with Gasteiger partial charge in [-0.05, 0) is 83.5 Å². The number of aromatic nitrogens is 2. The first-order valence-electron chi connectivity index (χ1n) is 19.8. The fraction of sp³-hybridized carbons (Fsp3) is 0.488. The molecule has 3 aliphatic heterocycles. The number of nitrogens with zero attached hydrogens (tertiary/aromatic N) is 5. The molecule has 0 radical (unpaired) electrons. The molecule has 57 heavy (non-hydrogen) atoms. The number of piperazine rings is 1. The molecule has 0 aliphatic carbocycles. The molecule has 4 heterocycles. The monoisotopic (exact) mass is 784 g/mol. The summed E-state index contributed by atoms with van der Waals surface area (Å²) in [6.07, 6.45) is 2.47. The molecule has 0 spiro atoms. The number of amides is 3. The molecule has 0 unspecified atom stereocenters. The molecule has 3 saturated heterocycles. The second-order valence-electron chi connectivity index (χ2n) is 17.0. The van der Waals surface area contributed by atoms with Gasteiger partial charge in [0.2, 0.25) is 0 Å². The molecule has 13 nitrogen and oxygen atoms in total. The summed E-state index contributed by atoms with van der Waals surface area (Å²) in [5, 5.41) is 8.08. The van der Waals surface area contributed by atoms with E-state index in [4.69, 9.17) is 18.9 Å². The lowest BCUT2D eigenvalue weighted by Gasteiger charge is -2.37. The Kier molecular flexibility index (Phi) is 11.2. The van der Waals surface area contributed by atoms with Crippen LogP contribution in [0, 0.1) is 5.82 Å². The molecule has 3 amide bonds. The quantitative estimate of drug-likeness (QED) is 0.203. The van der Waals surface area contributed by atoms with Crippen molar-refractivity contribution in [1.82, 2.24) is 24.9 Å². The highest BCUT2D eigenvalue weighted by Gasteiger charge is 2.32. The van der Waals surface area contributed by atoms with Crippen LogP contribution in [0.2, 0.25) is 0 Å². The molecule has 0 saturated carbocycles. The zero-order valence-electron chi connectivity index (χ0n) is 33.7. The number of carbonyl (C=O) groups excluding carboxylic acids is 3. The van der Waals surface area contributed by atoms with Crippen molar-refractivity contribution in [3.05, 3.63) is 72.2 Å². The fourth-order valence-corrected chi connectivity index (χ4v) is 7.42. The van der Waals surface area contributed by atoms with Gasteiger partial charge >= 0.3 is 12.2 Å². The summed E-state index contributed by atoms with van der Waals surface area (Å²) in [4.78, 5) is 46.5. The number of likely N-dealkylation sites (tertiary alicyclic amines) is 2. The minimum Gasteiger partial charge on any atom is -0.490 e. The third-order valence-corrected chi connectivity index (χ3v) is 10.3. The summed E-state index contributed by atoms with van der Waals surface area (Å²) in [6, 6.07) is 16.2. The topological polar surface area (TPSA) is 130 Å². The van der Waals surface area contributed by atoms with Gasteiger partial charge in [0.1, 0.15) is 40.7 Å². The normalized spacial score (nSPS) is 18.2. The third-order valence-electron chi connectivity index (χ3n) is 10.3. The molecule has 7 rings (SSSR count). The van der Waals surface area contributed by atoms with Crippen LogP contribution in [0.4, 0.5) is 19.7 Å². The standard InChI is InChI=1S/C43H53FN6O7/c1-42(2,3)56-40(52)49-19-17-47(18-20-49)32-23-31(44)24-35(25-32)54-33-11-14-48(15-12-33)39(51)29-8-10-38(36(22-29)28-7-9-37-30(21-28)26-45-46-37)55-34-13-16-50(27-34)41(53)57-43(4,5)6/h7-10,21-26,33-34H,11-20,27H2,1-6H3,(H,45,46)/t34-/m0/s1. The Balaban J connectivity index is 0.989. The summed E-state index contributed by atoms with van der Waals surface area (Å²) in [6.45, 7) is 15.0. The van der Waals surface area contributed by atoms with Gasteiger partial charge in [-0.1, -0.05) is 6.07 Å². The van der Waals surface area contributed by atoms with E-state index in [1.807, 2.05) is 87.7 Å². The summed E-state index contributed by atoms with van der Waals surface area (Å²) in [5.74, 6) is 0.571. The van der Waals surface area contributed by atoms with Gasteiger partial charge in [-0.2, -0.15) is 5.10 Å². The Bertz CT molecular complexity index is 2090. The first-order chi connectivity index (χ1) is 27.1. The minimum atomic E-state index is -0.588. The Hall–Kier alpha value is -5.53. The number of nitrogens with one attached hydrogen (secondary N) is 1. The van der Waals surface area contributed by atoms with Gasteiger partial charge in [-0.3, -0.25) is 9.89 Å². The number of carbonyl (C=O) groups is 3. The minimum absolute atomic E-state index is 0.0961. The van der Waals surface area contributed by atoms with Crippen molar-refractivity contribution < 1.29 is 37.7 Å². The average Bonchev–Trinajstić information content (AvgIpc) is 3.83. The number of hydrogen-bond acceptors (Lipinski definition) is 9. The Morgan fingerprint density at radius 2 is 1.39 bits per heavy atom. The van der Waals surface area contributed by atoms with Crippen LogP contribution in [0.5, 0.6) is 11.5 Å². The molecule has 304 valence electrons. The molecule has 3 fully saturated rings. The summed E-state index contributed by atoms with van der Waals surface area (Å²) in [7, 11) is 0. The van der Waals surface area contributed by atoms with E-state index < -0.39 is 17.0 Å². The van der Waals surface area contributed by atoms with Crippen molar-refractivity contribution in [3.63, 3.8) is 0 Å². The third kappa shape index (κ3) is 9.89. The number of halogens is 1. The van der Waals surface area contributed by atoms with Gasteiger partial charge in [0.15, 0.2) is 0 Å². The molecule has 14 heteroatoms. The van der Waals surface area contributed by atoms with Crippen molar-refractivity contribution in [2.45, 2.75) is 84.2 Å². The maximum Gasteiger partial charge on any atom is 0.410 e. The molecule has 3 aromatic carbocycles. The second kappa shape index (κ2) is 16.1. The van der Waals surface area contributed by atoms with Crippen molar-refractivity contribution in [3.8, 4) is 22.6 Å². The summed E-state index contributed by atoms with van der Waals surface area (Å²) < 4.78 is 38.8. The van der Waals surface area contributed by atoms with Crippen LogP contribution in [0.25, 0.3) is 22.0 Å². The number of benzene rings is 3. The van der Waals surface area contributed by atoms with E-state index in [1.165, 1.54) is 12.1 Å². The SMILES string of the molecule is CC(C)(C)OC(=O)N1CCN(c2cc(F)cc(OC3CCN(C(=O)c4ccc(O[C@H]5CCN(C(=O)OC(C)(C)C)C5)c(-c5ccc6[nH]ncc6c5)c4)CC3)c2)CC1. The van der Waals surface area contributed by atoms with Crippen molar-refractivity contribution in [2.24, 2.45) is 0 Å². The van der Waals surface area contributed by atoms with Crippen molar-refractivity contribution >= 4 is 34.7 Å². The highest BCUT2D eigenvalue weighted by molar-refractivity contribution is 5.97. The zero-order valence-corrected chi connectivity index (χ0v) is 33.7. The van der Waals surface area contributed by atoms with E-state index in [0.717, 1.165) is 22.0 Å². The van der Waals surface area contributed by atoms with Gasteiger partial charge in [0, 0.05) is 99.4 Å². The predicted molar refractivity (Wildman–Crippen MR) is 214 cm³/mol. The van der Waals surface area contributed by atoms with E-state index in [0.29, 0.717) is 94.4 Å². The Morgan fingerprint density at radius 1 is 0.719 bits per heavy atom. The number of rotatable bonds is 7. The lowest BCUT2D eigenvalue weighted by Crippen LogP contribution is -2.50. The lowest BCUT2D eigenvalue weighted by atomic mass is 9.99. The Morgan fingerprint density at radius 3 is 2.09 bits per heavy atom. The number of hydrogen-bond donors (Lipinski definition) is 1. The highest BCUT2D eigenvalue weighted by atomic mass is 19.1. The second-order valence-corrected chi connectivity index (χ2v) is 17.0. The van der Waals surface area contributed by atoms with Crippen LogP contribution in [-0.4, -0.2) is 119 Å². The summed E-state index contributed by atoms with van der Waals surface area (Å²) in [5.41, 5.74) is 2.62. The zero-order chi connectivity index (χ0) is 40.5. The van der Waals surface area contributed by atoms with Crippen LogP contribution in [0.1, 0.15) is 71.2 Å². The Labute approximate surface area is 333 Å². The maximum atomic E-state index is 14.9. The molecule has 0 bridgehead atoms.